The lowest BCUT2D eigenvalue weighted by molar-refractivity contribution is 0.590. The summed E-state index contributed by atoms with van der Waals surface area (Å²) in [5.41, 5.74) is 5.94. The summed E-state index contributed by atoms with van der Waals surface area (Å²) in [6.07, 6.45) is 0. The third-order valence-corrected chi connectivity index (χ3v) is 3.59. The van der Waals surface area contributed by atoms with Crippen LogP contribution in [-0.2, 0) is 5.41 Å². The third kappa shape index (κ3) is 2.82. The van der Waals surface area contributed by atoms with Gasteiger partial charge in [-0.2, -0.15) is 0 Å². The van der Waals surface area contributed by atoms with E-state index in [1.807, 2.05) is 14.0 Å². The highest BCUT2D eigenvalue weighted by atomic mass is 15.2. The summed E-state index contributed by atoms with van der Waals surface area (Å²) in [6.45, 7) is 10.9. The molecule has 0 atom stereocenters. The second-order valence-electron chi connectivity index (χ2n) is 6.29. The van der Waals surface area contributed by atoms with Gasteiger partial charge in [0.05, 0.1) is 5.69 Å². The predicted octanol–water partition coefficient (Wildman–Crippen LogP) is 4.10. The second kappa shape index (κ2) is 5.23. The number of benzene rings is 1. The summed E-state index contributed by atoms with van der Waals surface area (Å²) in [7, 11) is 1.86. The first-order valence-electron chi connectivity index (χ1n) is 6.96. The number of aryl methyl sites for hydroxylation is 2. The number of anilines is 1. The lowest BCUT2D eigenvalue weighted by Gasteiger charge is -2.20. The summed E-state index contributed by atoms with van der Waals surface area (Å²) >= 11 is 0. The molecule has 3 nitrogen and oxygen atoms in total. The Bertz CT molecular complexity index is 625. The van der Waals surface area contributed by atoms with Gasteiger partial charge in [-0.25, -0.2) is 0 Å². The van der Waals surface area contributed by atoms with Crippen molar-refractivity contribution in [2.24, 2.45) is 0 Å². The number of nitrogens with one attached hydrogen (secondary N) is 1. The van der Waals surface area contributed by atoms with Gasteiger partial charge >= 0.3 is 0 Å². The van der Waals surface area contributed by atoms with E-state index < -0.39 is 0 Å². The maximum atomic E-state index is 4.32. The molecule has 106 valence electrons. The largest absolute Gasteiger partial charge is 0.371 e. The van der Waals surface area contributed by atoms with Crippen molar-refractivity contribution < 1.29 is 0 Å². The van der Waals surface area contributed by atoms with Gasteiger partial charge in [-0.15, -0.1) is 10.2 Å². The molecule has 1 aromatic heterocycles. The Morgan fingerprint density at radius 3 is 2.15 bits per heavy atom. The summed E-state index contributed by atoms with van der Waals surface area (Å²) in [5.74, 6) is 0.831. The molecule has 20 heavy (non-hydrogen) atoms. The predicted molar refractivity (Wildman–Crippen MR) is 85.2 cm³/mol. The minimum absolute atomic E-state index is 0.168. The highest BCUT2D eigenvalue weighted by molar-refractivity contribution is 5.66. The minimum atomic E-state index is 0.168. The molecular weight excluding hydrogens is 246 g/mol. The molecule has 2 rings (SSSR count). The molecule has 1 N–H and O–H groups in total. The molecule has 0 spiro atoms. The molecule has 2 aromatic rings. The van der Waals surface area contributed by atoms with E-state index in [-0.39, 0.29) is 5.41 Å². The smallest absolute Gasteiger partial charge is 0.151 e. The van der Waals surface area contributed by atoms with E-state index in [1.165, 1.54) is 11.1 Å². The Balaban J connectivity index is 2.46. The molecule has 0 saturated carbocycles. The number of hydrogen-bond donors (Lipinski definition) is 1. The fraction of sp³-hybridized carbons (Fsp3) is 0.412. The summed E-state index contributed by atoms with van der Waals surface area (Å²) in [6, 6.07) is 8.67. The SMILES string of the molecule is CNc1nnc(-c2ccc(C(C)(C)C)cc2C)cc1C. The molecule has 0 fully saturated rings. The molecule has 1 aromatic carbocycles. The van der Waals surface area contributed by atoms with Crippen LogP contribution in [0.3, 0.4) is 0 Å². The van der Waals surface area contributed by atoms with Gasteiger partial charge in [0.15, 0.2) is 5.82 Å². The van der Waals surface area contributed by atoms with Gasteiger partial charge in [0.2, 0.25) is 0 Å². The van der Waals surface area contributed by atoms with E-state index in [0.717, 1.165) is 22.6 Å². The van der Waals surface area contributed by atoms with E-state index in [4.69, 9.17) is 0 Å². The zero-order valence-electron chi connectivity index (χ0n) is 13.2. The van der Waals surface area contributed by atoms with Crippen LogP contribution in [0, 0.1) is 13.8 Å². The van der Waals surface area contributed by atoms with Gasteiger partial charge in [0, 0.05) is 12.6 Å². The fourth-order valence-corrected chi connectivity index (χ4v) is 2.28. The highest BCUT2D eigenvalue weighted by Crippen LogP contribution is 2.29. The molecule has 0 bridgehead atoms. The average molecular weight is 269 g/mol. The maximum absolute atomic E-state index is 4.32. The van der Waals surface area contributed by atoms with Gasteiger partial charge in [0.25, 0.3) is 0 Å². The second-order valence-corrected chi connectivity index (χ2v) is 6.29. The summed E-state index contributed by atoms with van der Waals surface area (Å²) < 4.78 is 0. The van der Waals surface area contributed by atoms with Crippen LogP contribution in [-0.4, -0.2) is 17.2 Å². The molecular formula is C17H23N3. The van der Waals surface area contributed by atoms with E-state index in [9.17, 15) is 0 Å². The van der Waals surface area contributed by atoms with E-state index in [2.05, 4.69) is 67.5 Å². The molecule has 0 aliphatic carbocycles. The van der Waals surface area contributed by atoms with E-state index in [0.29, 0.717) is 0 Å². The first kappa shape index (κ1) is 14.5. The van der Waals surface area contributed by atoms with Crippen LogP contribution in [0.15, 0.2) is 24.3 Å². The van der Waals surface area contributed by atoms with Crippen molar-refractivity contribution in [2.45, 2.75) is 40.0 Å². The zero-order chi connectivity index (χ0) is 14.9. The monoisotopic (exact) mass is 269 g/mol. The number of aromatic nitrogens is 2. The number of rotatable bonds is 2. The quantitative estimate of drug-likeness (QED) is 0.892. The molecule has 0 amide bonds. The molecule has 0 saturated heterocycles. The Morgan fingerprint density at radius 2 is 1.65 bits per heavy atom. The average Bonchev–Trinajstić information content (AvgIpc) is 2.37. The molecule has 0 aliphatic heterocycles. The molecule has 0 radical (unpaired) electrons. The van der Waals surface area contributed by atoms with Gasteiger partial charge < -0.3 is 5.32 Å². The molecule has 0 unspecified atom stereocenters. The van der Waals surface area contributed by atoms with Crippen molar-refractivity contribution in [3.05, 3.63) is 41.0 Å². The first-order valence-corrected chi connectivity index (χ1v) is 6.96. The Morgan fingerprint density at radius 1 is 0.950 bits per heavy atom. The normalized spacial score (nSPS) is 11.5. The lowest BCUT2D eigenvalue weighted by atomic mass is 9.85. The van der Waals surface area contributed by atoms with Crippen molar-refractivity contribution in [1.82, 2.24) is 10.2 Å². The van der Waals surface area contributed by atoms with Crippen LogP contribution in [0.4, 0.5) is 5.82 Å². The van der Waals surface area contributed by atoms with Crippen LogP contribution in [0.5, 0.6) is 0 Å². The first-order chi connectivity index (χ1) is 9.32. The van der Waals surface area contributed by atoms with Gasteiger partial charge in [-0.3, -0.25) is 0 Å². The Labute approximate surface area is 121 Å². The molecule has 0 aliphatic rings. The van der Waals surface area contributed by atoms with Crippen LogP contribution in [0.2, 0.25) is 0 Å². The van der Waals surface area contributed by atoms with Crippen LogP contribution >= 0.6 is 0 Å². The van der Waals surface area contributed by atoms with Gasteiger partial charge in [-0.05, 0) is 42.0 Å². The van der Waals surface area contributed by atoms with Crippen molar-refractivity contribution in [3.63, 3.8) is 0 Å². The van der Waals surface area contributed by atoms with Crippen molar-refractivity contribution >= 4 is 5.82 Å². The maximum Gasteiger partial charge on any atom is 0.151 e. The van der Waals surface area contributed by atoms with E-state index >= 15 is 0 Å². The van der Waals surface area contributed by atoms with Gasteiger partial charge in [-0.1, -0.05) is 39.0 Å². The Kier molecular flexibility index (Phi) is 3.80. The number of hydrogen-bond acceptors (Lipinski definition) is 3. The van der Waals surface area contributed by atoms with Crippen LogP contribution < -0.4 is 5.32 Å². The minimum Gasteiger partial charge on any atom is -0.371 e. The number of nitrogens with zero attached hydrogens (tertiary/aromatic N) is 2. The standard InChI is InChI=1S/C17H23N3/c1-11-9-13(17(3,4)5)7-8-14(11)15-10-12(2)16(18-6)20-19-15/h7-10H,1-6H3,(H,18,20). The third-order valence-electron chi connectivity index (χ3n) is 3.59. The van der Waals surface area contributed by atoms with Gasteiger partial charge in [0.1, 0.15) is 0 Å². The van der Waals surface area contributed by atoms with Crippen molar-refractivity contribution in [1.29, 1.82) is 0 Å². The summed E-state index contributed by atoms with van der Waals surface area (Å²) in [4.78, 5) is 0. The summed E-state index contributed by atoms with van der Waals surface area (Å²) in [5, 5.41) is 11.6. The topological polar surface area (TPSA) is 37.8 Å². The van der Waals surface area contributed by atoms with Crippen molar-refractivity contribution in [2.75, 3.05) is 12.4 Å². The molecule has 3 heteroatoms. The van der Waals surface area contributed by atoms with Crippen molar-refractivity contribution in [3.8, 4) is 11.3 Å². The highest BCUT2D eigenvalue weighted by Gasteiger charge is 2.15. The lowest BCUT2D eigenvalue weighted by Crippen LogP contribution is -2.11. The fourth-order valence-electron chi connectivity index (χ4n) is 2.28. The molecule has 1 heterocycles. The Hall–Kier alpha value is -1.90. The zero-order valence-corrected chi connectivity index (χ0v) is 13.2. The van der Waals surface area contributed by atoms with Crippen LogP contribution in [0.1, 0.15) is 37.5 Å². The van der Waals surface area contributed by atoms with E-state index in [1.54, 1.807) is 0 Å². The van der Waals surface area contributed by atoms with Crippen LogP contribution in [0.25, 0.3) is 11.3 Å².